The van der Waals surface area contributed by atoms with Gasteiger partial charge in [-0.3, -0.25) is 29.0 Å². The zero-order chi connectivity index (χ0) is 41.1. The molecule has 0 aromatic carbocycles. The zero-order valence-corrected chi connectivity index (χ0v) is 31.5. The Kier molecular flexibility index (Phi) is 10.9. The molecule has 19 heteroatoms. The minimum Gasteiger partial charge on any atom is -0.465 e. The van der Waals surface area contributed by atoms with Crippen molar-refractivity contribution < 1.29 is 86.8 Å². The van der Waals surface area contributed by atoms with Gasteiger partial charge in [0, 0.05) is 40.8 Å². The van der Waals surface area contributed by atoms with Crippen molar-refractivity contribution in [1.82, 2.24) is 4.98 Å². The summed E-state index contributed by atoms with van der Waals surface area (Å²) in [4.78, 5) is 96.7. The fourth-order valence-electron chi connectivity index (χ4n) is 8.87. The van der Waals surface area contributed by atoms with Gasteiger partial charge in [-0.1, -0.05) is 0 Å². The Morgan fingerprint density at radius 3 is 2.02 bits per heavy atom. The molecule has 3 fully saturated rings. The number of carbonyl (C=O) groups is 7. The van der Waals surface area contributed by atoms with Gasteiger partial charge in [-0.15, -0.1) is 0 Å². The summed E-state index contributed by atoms with van der Waals surface area (Å²) < 4.78 is 47.4. The fraction of sp³-hybridized carbons (Fsp3) is 0.667. The number of hydrogen-bond acceptors (Lipinski definition) is 19. The number of cyclic esters (lactones) is 1. The first-order chi connectivity index (χ1) is 25.5. The lowest BCUT2D eigenvalue weighted by Crippen LogP contribution is -2.89. The van der Waals surface area contributed by atoms with E-state index >= 15 is 0 Å². The first kappa shape index (κ1) is 41.4. The van der Waals surface area contributed by atoms with E-state index in [0.29, 0.717) is 0 Å². The van der Waals surface area contributed by atoms with Gasteiger partial charge in [-0.05, 0) is 45.7 Å². The van der Waals surface area contributed by atoms with Crippen LogP contribution >= 0.6 is 0 Å². The van der Waals surface area contributed by atoms with Crippen LogP contribution in [-0.2, 0) is 73.1 Å². The SMILES string of the molecule is CC(=O)OC[C@]12[C@H](OC(C)=O)[C@H](OC(C)=O)[C@@H]3[C@@H](OC(C)=O)[C@@]14OC3(C)COC(=O)c1cccnc1CCC(C)(O)C(=O)O[C@@H]([C@H](O)[C@@H]2OC(C)=O)[C@]4(C)O. The molecule has 5 rings (SSSR count). The maximum atomic E-state index is 13.9. The monoisotopic (exact) mass is 779 g/mol. The van der Waals surface area contributed by atoms with Gasteiger partial charge in [0.25, 0.3) is 0 Å². The summed E-state index contributed by atoms with van der Waals surface area (Å²) in [6.45, 7) is 6.46. The predicted molar refractivity (Wildman–Crippen MR) is 177 cm³/mol. The van der Waals surface area contributed by atoms with Crippen LogP contribution in [0.5, 0.6) is 0 Å². The second-order valence-corrected chi connectivity index (χ2v) is 15.0. The summed E-state index contributed by atoms with van der Waals surface area (Å²) in [5.41, 5.74) is -12.7. The van der Waals surface area contributed by atoms with Gasteiger partial charge in [0.05, 0.1) is 17.2 Å². The number of aliphatic hydroxyl groups is 3. The van der Waals surface area contributed by atoms with Crippen molar-refractivity contribution in [3.05, 3.63) is 29.6 Å². The summed E-state index contributed by atoms with van der Waals surface area (Å²) in [5, 5.41) is 36.8. The molecule has 4 bridgehead atoms. The third-order valence-corrected chi connectivity index (χ3v) is 10.9. The minimum atomic E-state index is -2.89. The number of pyridine rings is 1. The van der Waals surface area contributed by atoms with Crippen molar-refractivity contribution in [2.24, 2.45) is 11.3 Å². The number of rotatable bonds is 6. The maximum Gasteiger partial charge on any atom is 0.340 e. The topological polar surface area (TPSA) is 267 Å². The van der Waals surface area contributed by atoms with E-state index in [2.05, 4.69) is 4.98 Å². The van der Waals surface area contributed by atoms with E-state index in [-0.39, 0.29) is 17.7 Å². The smallest absolute Gasteiger partial charge is 0.340 e. The summed E-state index contributed by atoms with van der Waals surface area (Å²) in [5.74, 6) is -9.11. The molecule has 2 saturated carbocycles. The molecule has 19 nitrogen and oxygen atoms in total. The largest absolute Gasteiger partial charge is 0.465 e. The number of fused-ring (bicyclic) bond motifs is 5. The van der Waals surface area contributed by atoms with Crippen LogP contribution in [0.25, 0.3) is 0 Å². The number of aryl methyl sites for hydroxylation is 1. The average molecular weight is 780 g/mol. The number of esters is 7. The molecule has 3 N–H and O–H groups in total. The third kappa shape index (κ3) is 6.69. The molecule has 1 aromatic rings. The average Bonchev–Trinajstić information content (AvgIpc) is 3.29. The van der Waals surface area contributed by atoms with E-state index in [9.17, 15) is 48.9 Å². The second kappa shape index (κ2) is 14.4. The molecule has 0 radical (unpaired) electrons. The zero-order valence-electron chi connectivity index (χ0n) is 31.5. The lowest BCUT2D eigenvalue weighted by atomic mass is 9.45. The van der Waals surface area contributed by atoms with E-state index in [1.54, 1.807) is 0 Å². The van der Waals surface area contributed by atoms with Crippen LogP contribution in [-0.4, -0.2) is 134 Å². The van der Waals surface area contributed by atoms with Gasteiger partial charge in [-0.2, -0.15) is 0 Å². The van der Waals surface area contributed by atoms with Gasteiger partial charge in [0.1, 0.15) is 54.2 Å². The van der Waals surface area contributed by atoms with Crippen molar-refractivity contribution in [3.63, 3.8) is 0 Å². The highest BCUT2D eigenvalue weighted by atomic mass is 16.7. The number of aromatic nitrogens is 1. The number of nitrogens with zero attached hydrogens (tertiary/aromatic N) is 1. The Labute approximate surface area is 314 Å². The molecule has 4 aliphatic rings. The summed E-state index contributed by atoms with van der Waals surface area (Å²) in [7, 11) is 0. The van der Waals surface area contributed by atoms with Crippen molar-refractivity contribution in [2.45, 2.75) is 127 Å². The Morgan fingerprint density at radius 2 is 1.44 bits per heavy atom. The standard InChI is InChI=1S/C36H45NO18/c1-16(38)48-15-35-28(52-19(4)41)24(43)27-34(8,47)36(35)26(51-18(3)40)23(25(50-17(2)39)29(35)53-20(5)42)33(7,55-36)14-49-30(44)21-10-9-13-37-22(21)11-12-32(6,46)31(45)54-27/h9-10,13,23-29,43,46-47H,11-12,14-15H2,1-8H3/t23-,24+,25-,26-,27+,28+,29-,32?,33?,34+,35+,36+/m1/s1. The molecule has 1 aromatic heterocycles. The van der Waals surface area contributed by atoms with Crippen LogP contribution in [0.3, 0.4) is 0 Å². The van der Waals surface area contributed by atoms with Gasteiger partial charge < -0.3 is 53.2 Å². The van der Waals surface area contributed by atoms with E-state index in [1.807, 2.05) is 0 Å². The molecule has 0 amide bonds. The van der Waals surface area contributed by atoms with E-state index in [1.165, 1.54) is 25.3 Å². The van der Waals surface area contributed by atoms with Crippen LogP contribution in [0.2, 0.25) is 0 Å². The van der Waals surface area contributed by atoms with Crippen molar-refractivity contribution in [2.75, 3.05) is 13.2 Å². The third-order valence-electron chi connectivity index (χ3n) is 10.9. The quantitative estimate of drug-likeness (QED) is 0.240. The Morgan fingerprint density at radius 1 is 0.855 bits per heavy atom. The second-order valence-electron chi connectivity index (χ2n) is 15.0. The van der Waals surface area contributed by atoms with Crippen LogP contribution in [0, 0.1) is 11.3 Å². The van der Waals surface area contributed by atoms with Crippen molar-refractivity contribution >= 4 is 41.8 Å². The highest BCUT2D eigenvalue weighted by Crippen LogP contribution is 2.70. The number of ether oxygens (including phenoxy) is 8. The predicted octanol–water partition coefficient (Wildman–Crippen LogP) is -0.593. The normalized spacial score (nSPS) is 39.5. The number of carbonyl (C=O) groups excluding carboxylic acids is 7. The first-order valence-electron chi connectivity index (χ1n) is 17.4. The molecule has 302 valence electrons. The van der Waals surface area contributed by atoms with Gasteiger partial charge in [0.15, 0.2) is 23.4 Å². The fourth-order valence-corrected chi connectivity index (χ4v) is 8.87. The summed E-state index contributed by atoms with van der Waals surface area (Å²) in [6, 6.07) is 2.82. The number of aliphatic hydroxyl groups excluding tert-OH is 1. The molecule has 3 heterocycles. The molecule has 2 aliphatic heterocycles. The Balaban J connectivity index is 1.95. The van der Waals surface area contributed by atoms with Gasteiger partial charge in [0.2, 0.25) is 0 Å². The van der Waals surface area contributed by atoms with Gasteiger partial charge in [-0.25, -0.2) is 9.59 Å². The molecule has 2 unspecified atom stereocenters. The molecule has 12 atom stereocenters. The van der Waals surface area contributed by atoms with Crippen LogP contribution in [0.1, 0.15) is 77.9 Å². The first-order valence-corrected chi connectivity index (χ1v) is 17.4. The lowest BCUT2D eigenvalue weighted by Gasteiger charge is -2.67. The highest BCUT2D eigenvalue weighted by molar-refractivity contribution is 5.90. The summed E-state index contributed by atoms with van der Waals surface area (Å²) in [6.07, 6.45) is -11.7. The minimum absolute atomic E-state index is 0.0737. The molecular formula is C36H45NO18. The molecular weight excluding hydrogens is 734 g/mol. The van der Waals surface area contributed by atoms with E-state index in [4.69, 9.17) is 37.9 Å². The van der Waals surface area contributed by atoms with Crippen molar-refractivity contribution in [3.8, 4) is 0 Å². The lowest BCUT2D eigenvalue weighted by molar-refractivity contribution is -0.387. The van der Waals surface area contributed by atoms with Crippen molar-refractivity contribution in [1.29, 1.82) is 0 Å². The van der Waals surface area contributed by atoms with Crippen LogP contribution < -0.4 is 0 Å². The van der Waals surface area contributed by atoms with Gasteiger partial charge >= 0.3 is 41.8 Å². The van der Waals surface area contributed by atoms with E-state index in [0.717, 1.165) is 48.5 Å². The number of hydrogen-bond donors (Lipinski definition) is 3. The summed E-state index contributed by atoms with van der Waals surface area (Å²) >= 11 is 0. The molecule has 1 saturated heterocycles. The molecule has 1 spiro atoms. The van der Waals surface area contributed by atoms with Crippen LogP contribution in [0.15, 0.2) is 18.3 Å². The van der Waals surface area contributed by atoms with E-state index < -0.39 is 132 Å². The Hall–Kier alpha value is -4.72. The Bertz CT molecular complexity index is 1780. The maximum absolute atomic E-state index is 13.9. The van der Waals surface area contributed by atoms with Crippen LogP contribution in [0.4, 0.5) is 0 Å². The molecule has 55 heavy (non-hydrogen) atoms. The highest BCUT2D eigenvalue weighted by Gasteiger charge is 2.91. The molecule has 2 aliphatic carbocycles.